The standard InChI is InChI=1S/C4H10O.Al.Li.4H/c1-4(2)3-5;;;;;;/h4-5H,3H2,1-2H3;;;;;;/q;;+1;;;;-1. The maximum Gasteiger partial charge on any atom is 1.00 e. The molecule has 0 amide bonds. The Bertz CT molecular complexity index is 30.0. The minimum Gasteiger partial charge on any atom is -1.00 e. The molecule has 0 rings (SSSR count). The zero-order chi connectivity index (χ0) is 4.28. The summed E-state index contributed by atoms with van der Waals surface area (Å²) in [7, 11) is 0. The van der Waals surface area contributed by atoms with Crippen LogP contribution in [0, 0.1) is 5.92 Å². The van der Waals surface area contributed by atoms with Gasteiger partial charge >= 0.3 is 18.9 Å². The Balaban J connectivity index is -0.0000000267. The van der Waals surface area contributed by atoms with Gasteiger partial charge in [0, 0.05) is 6.61 Å². The molecule has 0 bridgehead atoms. The molecule has 40 valence electrons. The maximum absolute atomic E-state index is 8.14. The van der Waals surface area contributed by atoms with Crippen molar-refractivity contribution in [2.75, 3.05) is 6.61 Å². The first-order chi connectivity index (χ1) is 2.27. The molecule has 0 heterocycles. The molecule has 0 saturated heterocycles. The summed E-state index contributed by atoms with van der Waals surface area (Å²) in [6.07, 6.45) is 0. The molecule has 0 atom stereocenters. The minimum atomic E-state index is 0. The van der Waals surface area contributed by atoms with Crippen molar-refractivity contribution < 1.29 is 25.4 Å². The molecular weight excluding hydrogens is 98.0 g/mol. The first kappa shape index (κ1) is 15.7. The van der Waals surface area contributed by atoms with Crippen LogP contribution in [0.5, 0.6) is 0 Å². The van der Waals surface area contributed by atoms with Gasteiger partial charge in [0.25, 0.3) is 0 Å². The summed E-state index contributed by atoms with van der Waals surface area (Å²) < 4.78 is 0. The molecule has 0 aromatic heterocycles. The van der Waals surface area contributed by atoms with E-state index in [4.69, 9.17) is 5.11 Å². The third-order valence-corrected chi connectivity index (χ3v) is 0.365. The van der Waals surface area contributed by atoms with Crippen molar-refractivity contribution in [1.29, 1.82) is 0 Å². The fourth-order valence-corrected chi connectivity index (χ4v) is 0. The number of hydrogen-bond donors (Lipinski definition) is 1. The molecular formula is C4H14AlLiO. The van der Waals surface area contributed by atoms with E-state index in [0.29, 0.717) is 12.5 Å². The van der Waals surface area contributed by atoms with Gasteiger partial charge in [0.05, 0.1) is 0 Å². The fraction of sp³-hybridized carbons (Fsp3) is 1.00. The maximum atomic E-state index is 8.14. The predicted molar refractivity (Wildman–Crippen MR) is 33.0 cm³/mol. The van der Waals surface area contributed by atoms with E-state index in [9.17, 15) is 0 Å². The van der Waals surface area contributed by atoms with Gasteiger partial charge in [-0.25, -0.2) is 0 Å². The Hall–Kier alpha value is 1.09. The van der Waals surface area contributed by atoms with Crippen molar-refractivity contribution in [3.8, 4) is 0 Å². The largest absolute Gasteiger partial charge is 1.00 e. The second kappa shape index (κ2) is 10.1. The molecule has 7 heavy (non-hydrogen) atoms. The molecule has 0 aromatic carbocycles. The summed E-state index contributed by atoms with van der Waals surface area (Å²) in [5.41, 5.74) is 0. The van der Waals surface area contributed by atoms with Gasteiger partial charge in [-0.2, -0.15) is 0 Å². The first-order valence-electron chi connectivity index (χ1n) is 1.88. The summed E-state index contributed by atoms with van der Waals surface area (Å²) in [6, 6.07) is 0. The number of aliphatic hydroxyl groups is 1. The number of aliphatic hydroxyl groups excluding tert-OH is 1. The van der Waals surface area contributed by atoms with Crippen molar-refractivity contribution in [2.24, 2.45) is 5.92 Å². The zero-order valence-corrected chi connectivity index (χ0v) is 4.73. The van der Waals surface area contributed by atoms with Crippen molar-refractivity contribution in [3.63, 3.8) is 0 Å². The molecule has 0 unspecified atom stereocenters. The van der Waals surface area contributed by atoms with Crippen LogP contribution < -0.4 is 18.9 Å². The molecule has 0 saturated carbocycles. The van der Waals surface area contributed by atoms with Crippen LogP contribution in [0.25, 0.3) is 0 Å². The Morgan fingerprint density at radius 2 is 1.71 bits per heavy atom. The Labute approximate surface area is 69.3 Å². The molecule has 3 heteroatoms. The monoisotopic (exact) mass is 112 g/mol. The summed E-state index contributed by atoms with van der Waals surface area (Å²) >= 11 is 0. The third-order valence-electron chi connectivity index (χ3n) is 0.365. The van der Waals surface area contributed by atoms with Crippen LogP contribution in [-0.4, -0.2) is 29.1 Å². The van der Waals surface area contributed by atoms with Crippen molar-refractivity contribution in [1.82, 2.24) is 0 Å². The number of hydrogen-bond acceptors (Lipinski definition) is 1. The van der Waals surface area contributed by atoms with Gasteiger partial charge in [0.15, 0.2) is 17.4 Å². The average Bonchev–Trinajstić information content (AvgIpc) is 1.38. The van der Waals surface area contributed by atoms with Gasteiger partial charge in [0.2, 0.25) is 0 Å². The van der Waals surface area contributed by atoms with E-state index < -0.39 is 0 Å². The molecule has 0 spiro atoms. The minimum absolute atomic E-state index is 0. The quantitative estimate of drug-likeness (QED) is 0.350. The second-order valence-corrected chi connectivity index (χ2v) is 1.58. The van der Waals surface area contributed by atoms with Crippen LogP contribution in [0.15, 0.2) is 0 Å². The molecule has 0 radical (unpaired) electrons. The summed E-state index contributed by atoms with van der Waals surface area (Å²) in [4.78, 5) is 0. The third kappa shape index (κ3) is 19.2. The Morgan fingerprint density at radius 3 is 1.71 bits per heavy atom. The molecule has 0 aliphatic carbocycles. The SMILES string of the molecule is CC(C)CO.[AlH3].[H-].[Li+]. The molecule has 0 aromatic rings. The van der Waals surface area contributed by atoms with Crippen LogP contribution in [0.1, 0.15) is 15.3 Å². The second-order valence-electron chi connectivity index (χ2n) is 1.58. The number of rotatable bonds is 1. The Morgan fingerprint density at radius 1 is 1.57 bits per heavy atom. The van der Waals surface area contributed by atoms with E-state index in [1.54, 1.807) is 0 Å². The topological polar surface area (TPSA) is 20.2 Å². The van der Waals surface area contributed by atoms with E-state index in [1.165, 1.54) is 0 Å². The van der Waals surface area contributed by atoms with E-state index >= 15 is 0 Å². The van der Waals surface area contributed by atoms with E-state index in [-0.39, 0.29) is 37.6 Å². The Kier molecular flexibility index (Phi) is 22.8. The van der Waals surface area contributed by atoms with Crippen molar-refractivity contribution in [2.45, 2.75) is 13.8 Å². The van der Waals surface area contributed by atoms with E-state index in [2.05, 4.69) is 0 Å². The summed E-state index contributed by atoms with van der Waals surface area (Å²) in [5.74, 6) is 0.440. The van der Waals surface area contributed by atoms with Crippen molar-refractivity contribution >= 4 is 17.4 Å². The van der Waals surface area contributed by atoms with Crippen LogP contribution >= 0.6 is 0 Å². The van der Waals surface area contributed by atoms with Crippen LogP contribution in [0.3, 0.4) is 0 Å². The fourth-order valence-electron chi connectivity index (χ4n) is 0. The van der Waals surface area contributed by atoms with Gasteiger partial charge in [-0.05, 0) is 5.92 Å². The molecule has 0 fully saturated rings. The van der Waals surface area contributed by atoms with Gasteiger partial charge in [0.1, 0.15) is 0 Å². The molecule has 1 nitrogen and oxygen atoms in total. The van der Waals surface area contributed by atoms with Crippen LogP contribution in [0.4, 0.5) is 0 Å². The van der Waals surface area contributed by atoms with Gasteiger partial charge in [-0.3, -0.25) is 0 Å². The van der Waals surface area contributed by atoms with Crippen molar-refractivity contribution in [3.05, 3.63) is 0 Å². The predicted octanol–water partition coefficient (Wildman–Crippen LogP) is -3.43. The average molecular weight is 112 g/mol. The molecule has 0 aliphatic heterocycles. The summed E-state index contributed by atoms with van der Waals surface area (Å²) in [5, 5.41) is 8.14. The van der Waals surface area contributed by atoms with Crippen LogP contribution in [0.2, 0.25) is 0 Å². The normalized spacial score (nSPS) is 6.86. The zero-order valence-electron chi connectivity index (χ0n) is 5.73. The molecule has 1 N–H and O–H groups in total. The van der Waals surface area contributed by atoms with E-state index in [0.717, 1.165) is 0 Å². The molecule has 0 aliphatic rings. The smallest absolute Gasteiger partial charge is 1.00 e. The van der Waals surface area contributed by atoms with E-state index in [1.807, 2.05) is 13.8 Å². The van der Waals surface area contributed by atoms with Gasteiger partial charge in [-0.1, -0.05) is 13.8 Å². The van der Waals surface area contributed by atoms with Gasteiger partial charge < -0.3 is 6.53 Å². The summed E-state index contributed by atoms with van der Waals surface area (Å²) in [6.45, 7) is 4.25. The van der Waals surface area contributed by atoms with Gasteiger partial charge in [-0.15, -0.1) is 0 Å². The van der Waals surface area contributed by atoms with Crippen LogP contribution in [-0.2, 0) is 0 Å². The first-order valence-corrected chi connectivity index (χ1v) is 1.88.